The molecule has 30 heavy (non-hydrogen) atoms. The van der Waals surface area contributed by atoms with Gasteiger partial charge in [0.15, 0.2) is 0 Å². The van der Waals surface area contributed by atoms with E-state index in [1.54, 1.807) is 0 Å². The molecule has 0 bridgehead atoms. The van der Waals surface area contributed by atoms with Crippen molar-refractivity contribution >= 4 is 40.3 Å². The minimum atomic E-state index is -4.88. The lowest BCUT2D eigenvalue weighted by atomic mass is 10.1. The molecule has 12 heteroatoms. The van der Waals surface area contributed by atoms with E-state index in [1.165, 1.54) is 6.07 Å². The lowest BCUT2D eigenvalue weighted by molar-refractivity contribution is -0.383. The van der Waals surface area contributed by atoms with Crippen molar-refractivity contribution in [1.82, 2.24) is 9.78 Å². The smallest absolute Gasteiger partial charge is 0.406 e. The van der Waals surface area contributed by atoms with Crippen molar-refractivity contribution < 1.29 is 22.8 Å². The Morgan fingerprint density at radius 1 is 1.27 bits per heavy atom. The number of halogens is 4. The zero-order valence-corrected chi connectivity index (χ0v) is 16.5. The Hall–Kier alpha value is -3.18. The summed E-state index contributed by atoms with van der Waals surface area (Å²) in [7, 11) is 0. The Kier molecular flexibility index (Phi) is 6.22. The van der Waals surface area contributed by atoms with Crippen molar-refractivity contribution in [2.45, 2.75) is 12.8 Å². The molecule has 0 atom stereocenters. The van der Waals surface area contributed by atoms with Crippen LogP contribution in [0.2, 0.25) is 5.02 Å². The fraction of sp³-hybridized carbons (Fsp3) is 0.111. The Bertz CT molecular complexity index is 1090. The molecule has 0 aliphatic carbocycles. The minimum absolute atomic E-state index is 0.0766. The lowest BCUT2D eigenvalue weighted by Crippen LogP contribution is -2.17. The summed E-state index contributed by atoms with van der Waals surface area (Å²) in [5, 5.41) is 18.0. The van der Waals surface area contributed by atoms with Gasteiger partial charge in [-0.2, -0.15) is 5.10 Å². The van der Waals surface area contributed by atoms with Crippen LogP contribution in [0.25, 0.3) is 5.69 Å². The second kappa shape index (κ2) is 8.67. The number of hydrogen-bond donors (Lipinski definition) is 1. The Labute approximate surface area is 178 Å². The zero-order valence-electron chi connectivity index (χ0n) is 14.9. The van der Waals surface area contributed by atoms with Crippen LogP contribution in [0.15, 0.2) is 54.7 Å². The lowest BCUT2D eigenvalue weighted by Gasteiger charge is -2.13. The Morgan fingerprint density at radius 2 is 1.97 bits per heavy atom. The fourth-order valence-corrected chi connectivity index (χ4v) is 3.10. The molecule has 3 rings (SSSR count). The van der Waals surface area contributed by atoms with Crippen LogP contribution in [0.4, 0.5) is 24.7 Å². The standard InChI is InChI=1S/C18H12ClF3N4O3S/c19-13-9-12(29-18(20,21)22)6-7-14(13)25-17(15(10-23-25)26(27)28)24-16(30)8-11-4-2-1-3-5-11/h1-7,9-10H,8H2,(H,24,30). The van der Waals surface area contributed by atoms with Gasteiger partial charge in [0, 0.05) is 12.5 Å². The third-order valence-corrected chi connectivity index (χ3v) is 4.34. The molecule has 1 heterocycles. The number of aromatic nitrogens is 2. The van der Waals surface area contributed by atoms with Gasteiger partial charge in [-0.25, -0.2) is 4.68 Å². The van der Waals surface area contributed by atoms with Crippen molar-refractivity contribution in [2.24, 2.45) is 0 Å². The first-order valence-electron chi connectivity index (χ1n) is 8.26. The molecule has 3 aromatic rings. The third kappa shape index (κ3) is 5.24. The van der Waals surface area contributed by atoms with Crippen molar-refractivity contribution in [1.29, 1.82) is 0 Å². The molecule has 1 N–H and O–H groups in total. The van der Waals surface area contributed by atoms with Crippen molar-refractivity contribution in [3.05, 3.63) is 75.4 Å². The summed E-state index contributed by atoms with van der Waals surface area (Å²) in [6.45, 7) is 0. The highest BCUT2D eigenvalue weighted by molar-refractivity contribution is 7.80. The molecule has 0 spiro atoms. The molecule has 0 amide bonds. The fourth-order valence-electron chi connectivity index (χ4n) is 2.59. The highest BCUT2D eigenvalue weighted by atomic mass is 35.5. The number of anilines is 1. The molecule has 0 fully saturated rings. The monoisotopic (exact) mass is 456 g/mol. The van der Waals surface area contributed by atoms with E-state index in [4.69, 9.17) is 23.8 Å². The van der Waals surface area contributed by atoms with Gasteiger partial charge >= 0.3 is 12.0 Å². The van der Waals surface area contributed by atoms with Crippen LogP contribution in [-0.4, -0.2) is 26.1 Å². The normalized spacial score (nSPS) is 11.2. The maximum absolute atomic E-state index is 12.4. The summed E-state index contributed by atoms with van der Waals surface area (Å²) in [5.74, 6) is -0.612. The first kappa shape index (κ1) is 21.5. The van der Waals surface area contributed by atoms with Crippen LogP contribution >= 0.6 is 23.8 Å². The minimum Gasteiger partial charge on any atom is -0.406 e. The van der Waals surface area contributed by atoms with Crippen molar-refractivity contribution in [2.75, 3.05) is 5.32 Å². The quantitative estimate of drug-likeness (QED) is 0.307. The van der Waals surface area contributed by atoms with Crippen LogP contribution in [-0.2, 0) is 6.42 Å². The van der Waals surface area contributed by atoms with Gasteiger partial charge in [-0.3, -0.25) is 10.1 Å². The van der Waals surface area contributed by atoms with Gasteiger partial charge in [0.2, 0.25) is 5.82 Å². The van der Waals surface area contributed by atoms with Gasteiger partial charge in [-0.15, -0.1) is 13.2 Å². The van der Waals surface area contributed by atoms with Gasteiger partial charge in [0.1, 0.15) is 11.9 Å². The highest BCUT2D eigenvalue weighted by Crippen LogP contribution is 2.33. The molecule has 0 radical (unpaired) electrons. The summed E-state index contributed by atoms with van der Waals surface area (Å²) in [6.07, 6.45) is -3.58. The number of ether oxygens (including phenoxy) is 1. The van der Waals surface area contributed by atoms with E-state index >= 15 is 0 Å². The second-order valence-corrected chi connectivity index (χ2v) is 6.82. The SMILES string of the molecule is O=[N+]([O-])c1cnn(-c2ccc(OC(F)(F)F)cc2Cl)c1NC(=S)Cc1ccccc1. The molecule has 7 nitrogen and oxygen atoms in total. The number of nitro groups is 1. The molecule has 0 aliphatic rings. The Balaban J connectivity index is 1.92. The molecule has 156 valence electrons. The predicted molar refractivity (Wildman–Crippen MR) is 108 cm³/mol. The first-order chi connectivity index (χ1) is 14.1. The average molecular weight is 457 g/mol. The molecular weight excluding hydrogens is 445 g/mol. The Morgan fingerprint density at radius 3 is 2.57 bits per heavy atom. The molecule has 0 saturated carbocycles. The third-order valence-electron chi connectivity index (χ3n) is 3.79. The largest absolute Gasteiger partial charge is 0.573 e. The average Bonchev–Trinajstić information content (AvgIpc) is 3.04. The number of alkyl halides is 3. The maximum atomic E-state index is 12.4. The van der Waals surface area contributed by atoms with E-state index in [9.17, 15) is 23.3 Å². The molecule has 1 aromatic heterocycles. The predicted octanol–water partition coefficient (Wildman–Crippen LogP) is 5.31. The van der Waals surface area contributed by atoms with Gasteiger partial charge in [0.05, 0.1) is 20.6 Å². The number of hydrogen-bond acceptors (Lipinski definition) is 5. The summed E-state index contributed by atoms with van der Waals surface area (Å²) < 4.78 is 42.1. The second-order valence-electron chi connectivity index (χ2n) is 5.92. The molecule has 0 unspecified atom stereocenters. The van der Waals surface area contributed by atoms with E-state index in [1.807, 2.05) is 30.3 Å². The van der Waals surface area contributed by atoms with Crippen LogP contribution in [0.3, 0.4) is 0 Å². The number of nitrogens with zero attached hydrogens (tertiary/aromatic N) is 3. The van der Waals surface area contributed by atoms with E-state index in [0.717, 1.165) is 28.6 Å². The zero-order chi connectivity index (χ0) is 21.9. The van der Waals surface area contributed by atoms with E-state index in [0.29, 0.717) is 6.42 Å². The van der Waals surface area contributed by atoms with E-state index < -0.39 is 17.0 Å². The topological polar surface area (TPSA) is 82.2 Å². The number of thiocarbonyl (C=S) groups is 1. The number of rotatable bonds is 6. The summed E-state index contributed by atoms with van der Waals surface area (Å²) in [5.41, 5.74) is 0.608. The van der Waals surface area contributed by atoms with Crippen LogP contribution < -0.4 is 10.1 Å². The van der Waals surface area contributed by atoms with Gasteiger partial charge < -0.3 is 10.1 Å². The van der Waals surface area contributed by atoms with Crippen molar-refractivity contribution in [3.63, 3.8) is 0 Å². The summed E-state index contributed by atoms with van der Waals surface area (Å²) in [4.78, 5) is 11.0. The molecule has 0 saturated heterocycles. The van der Waals surface area contributed by atoms with Crippen LogP contribution in [0.1, 0.15) is 5.56 Å². The van der Waals surface area contributed by atoms with E-state index in [-0.39, 0.29) is 27.2 Å². The number of nitrogens with one attached hydrogen (secondary N) is 1. The maximum Gasteiger partial charge on any atom is 0.573 e. The van der Waals surface area contributed by atoms with Gasteiger partial charge in [-0.05, 0) is 17.7 Å². The summed E-state index contributed by atoms with van der Waals surface area (Å²) in [6, 6.07) is 12.3. The van der Waals surface area contributed by atoms with Crippen molar-refractivity contribution in [3.8, 4) is 11.4 Å². The van der Waals surface area contributed by atoms with Gasteiger partial charge in [0.25, 0.3) is 0 Å². The molecule has 0 aliphatic heterocycles. The van der Waals surface area contributed by atoms with Gasteiger partial charge in [-0.1, -0.05) is 54.2 Å². The molecular formula is C18H12ClF3N4O3S. The summed E-state index contributed by atoms with van der Waals surface area (Å²) >= 11 is 11.4. The first-order valence-corrected chi connectivity index (χ1v) is 9.04. The molecule has 2 aromatic carbocycles. The van der Waals surface area contributed by atoms with Crippen LogP contribution in [0, 0.1) is 10.1 Å². The van der Waals surface area contributed by atoms with E-state index in [2.05, 4.69) is 15.2 Å². The number of benzene rings is 2. The highest BCUT2D eigenvalue weighted by Gasteiger charge is 2.31. The van der Waals surface area contributed by atoms with Crippen LogP contribution in [0.5, 0.6) is 5.75 Å².